The van der Waals surface area contributed by atoms with Crippen LogP contribution in [-0.4, -0.2) is 5.11 Å². The Morgan fingerprint density at radius 2 is 2.12 bits per heavy atom. The minimum Gasteiger partial charge on any atom is -0.508 e. The van der Waals surface area contributed by atoms with E-state index in [9.17, 15) is 9.90 Å². The number of fused-ring (bicyclic) bond motifs is 1. The molecule has 2 aromatic rings. The predicted octanol–water partition coefficient (Wildman–Crippen LogP) is 2.76. The average molecular weight is 218 g/mol. The number of benzene rings is 1. The second kappa shape index (κ2) is 4.00. The van der Waals surface area contributed by atoms with Gasteiger partial charge in [0.05, 0.1) is 0 Å². The molecule has 0 fully saturated rings. The van der Waals surface area contributed by atoms with Crippen molar-refractivity contribution >= 4 is 11.0 Å². The maximum atomic E-state index is 11.4. The van der Waals surface area contributed by atoms with E-state index in [2.05, 4.69) is 6.92 Å². The van der Waals surface area contributed by atoms with Gasteiger partial charge in [-0.05, 0) is 31.0 Å². The maximum absolute atomic E-state index is 11.4. The number of rotatable bonds is 2. The third kappa shape index (κ3) is 1.69. The fourth-order valence-electron chi connectivity index (χ4n) is 1.89. The second-order valence-electron chi connectivity index (χ2n) is 3.93. The van der Waals surface area contributed by atoms with E-state index in [1.54, 1.807) is 19.1 Å². The fraction of sp³-hybridized carbons (Fsp3) is 0.308. The smallest absolute Gasteiger partial charge is 0.336 e. The average Bonchev–Trinajstić information content (AvgIpc) is 2.24. The van der Waals surface area contributed by atoms with Crippen LogP contribution in [0.1, 0.15) is 24.5 Å². The summed E-state index contributed by atoms with van der Waals surface area (Å²) in [4.78, 5) is 11.4. The van der Waals surface area contributed by atoms with E-state index >= 15 is 0 Å². The largest absolute Gasteiger partial charge is 0.508 e. The molecule has 0 bridgehead atoms. The van der Waals surface area contributed by atoms with E-state index in [0.29, 0.717) is 11.1 Å². The lowest BCUT2D eigenvalue weighted by Crippen LogP contribution is -2.01. The summed E-state index contributed by atoms with van der Waals surface area (Å²) < 4.78 is 5.14. The van der Waals surface area contributed by atoms with Crippen LogP contribution in [0.25, 0.3) is 11.0 Å². The van der Waals surface area contributed by atoms with Gasteiger partial charge in [-0.1, -0.05) is 13.3 Å². The Balaban J connectivity index is 2.83. The topological polar surface area (TPSA) is 50.4 Å². The van der Waals surface area contributed by atoms with E-state index in [1.165, 1.54) is 6.07 Å². The summed E-state index contributed by atoms with van der Waals surface area (Å²) in [6.45, 7) is 3.81. The van der Waals surface area contributed by atoms with Gasteiger partial charge in [0.25, 0.3) is 0 Å². The summed E-state index contributed by atoms with van der Waals surface area (Å²) in [6, 6.07) is 4.96. The molecule has 1 aromatic heterocycles. The summed E-state index contributed by atoms with van der Waals surface area (Å²) in [7, 11) is 0. The van der Waals surface area contributed by atoms with Gasteiger partial charge >= 0.3 is 5.63 Å². The van der Waals surface area contributed by atoms with Crippen LogP contribution < -0.4 is 5.63 Å². The molecule has 0 saturated heterocycles. The summed E-state index contributed by atoms with van der Waals surface area (Å²) in [5, 5.41) is 10.5. The Labute approximate surface area is 93.3 Å². The second-order valence-corrected chi connectivity index (χ2v) is 3.93. The SMILES string of the molecule is CCCc1cc(=O)oc2c(C)c(O)ccc12. The van der Waals surface area contributed by atoms with Gasteiger partial charge in [-0.3, -0.25) is 0 Å². The Bertz CT molecular complexity index is 581. The molecule has 2 rings (SSSR count). The van der Waals surface area contributed by atoms with Gasteiger partial charge in [-0.15, -0.1) is 0 Å². The Morgan fingerprint density at radius 1 is 1.38 bits per heavy atom. The standard InChI is InChI=1S/C13H14O3/c1-3-4-9-7-12(15)16-13-8(2)11(14)6-5-10(9)13/h5-7,14H,3-4H2,1-2H3. The van der Waals surface area contributed by atoms with Crippen LogP contribution in [0.5, 0.6) is 5.75 Å². The summed E-state index contributed by atoms with van der Waals surface area (Å²) in [6.07, 6.45) is 1.81. The van der Waals surface area contributed by atoms with Crippen molar-refractivity contribution in [3.63, 3.8) is 0 Å². The van der Waals surface area contributed by atoms with E-state index in [-0.39, 0.29) is 11.4 Å². The Hall–Kier alpha value is -1.77. The Kier molecular flexibility index (Phi) is 2.69. The molecule has 1 N–H and O–H groups in total. The van der Waals surface area contributed by atoms with E-state index in [4.69, 9.17) is 4.42 Å². The van der Waals surface area contributed by atoms with Gasteiger partial charge in [0.15, 0.2) is 0 Å². The molecule has 3 nitrogen and oxygen atoms in total. The number of aryl methyl sites for hydroxylation is 2. The molecular weight excluding hydrogens is 204 g/mol. The zero-order chi connectivity index (χ0) is 11.7. The zero-order valence-electron chi connectivity index (χ0n) is 9.41. The van der Waals surface area contributed by atoms with Crippen molar-refractivity contribution in [2.75, 3.05) is 0 Å². The Morgan fingerprint density at radius 3 is 2.81 bits per heavy atom. The summed E-state index contributed by atoms with van der Waals surface area (Å²) >= 11 is 0. The molecule has 0 aliphatic carbocycles. The first-order valence-electron chi connectivity index (χ1n) is 5.38. The van der Waals surface area contributed by atoms with Gasteiger partial charge < -0.3 is 9.52 Å². The quantitative estimate of drug-likeness (QED) is 0.788. The highest BCUT2D eigenvalue weighted by atomic mass is 16.4. The van der Waals surface area contributed by atoms with Crippen molar-refractivity contribution in [2.45, 2.75) is 26.7 Å². The van der Waals surface area contributed by atoms with Crippen molar-refractivity contribution in [1.82, 2.24) is 0 Å². The van der Waals surface area contributed by atoms with Crippen LogP contribution in [0.2, 0.25) is 0 Å². The van der Waals surface area contributed by atoms with Gasteiger partial charge in [0.2, 0.25) is 0 Å². The molecule has 16 heavy (non-hydrogen) atoms. The highest BCUT2D eigenvalue weighted by molar-refractivity contribution is 5.84. The van der Waals surface area contributed by atoms with Crippen LogP contribution in [0.3, 0.4) is 0 Å². The molecule has 0 atom stereocenters. The molecule has 0 aliphatic heterocycles. The lowest BCUT2D eigenvalue weighted by Gasteiger charge is -2.07. The molecule has 0 spiro atoms. The first-order chi connectivity index (χ1) is 7.63. The highest BCUT2D eigenvalue weighted by Gasteiger charge is 2.09. The van der Waals surface area contributed by atoms with Crippen LogP contribution in [0.4, 0.5) is 0 Å². The first-order valence-corrected chi connectivity index (χ1v) is 5.38. The van der Waals surface area contributed by atoms with Crippen LogP contribution in [0, 0.1) is 6.92 Å². The van der Waals surface area contributed by atoms with Crippen molar-refractivity contribution in [1.29, 1.82) is 0 Å². The van der Waals surface area contributed by atoms with Crippen LogP contribution in [0.15, 0.2) is 27.4 Å². The maximum Gasteiger partial charge on any atom is 0.336 e. The minimum atomic E-state index is -0.357. The summed E-state index contributed by atoms with van der Waals surface area (Å²) in [5.41, 5.74) is 1.74. The van der Waals surface area contributed by atoms with Crippen molar-refractivity contribution in [2.24, 2.45) is 0 Å². The number of hydrogen-bond acceptors (Lipinski definition) is 3. The van der Waals surface area contributed by atoms with Gasteiger partial charge in [0, 0.05) is 17.0 Å². The minimum absolute atomic E-state index is 0.157. The molecule has 0 aliphatic rings. The van der Waals surface area contributed by atoms with Gasteiger partial charge in [-0.2, -0.15) is 0 Å². The fourth-order valence-corrected chi connectivity index (χ4v) is 1.89. The van der Waals surface area contributed by atoms with Crippen molar-refractivity contribution < 1.29 is 9.52 Å². The third-order valence-corrected chi connectivity index (χ3v) is 2.74. The molecule has 0 radical (unpaired) electrons. The molecule has 1 heterocycles. The first kappa shape index (κ1) is 10.7. The number of phenolic OH excluding ortho intramolecular Hbond substituents is 1. The van der Waals surface area contributed by atoms with Crippen LogP contribution in [-0.2, 0) is 6.42 Å². The normalized spacial score (nSPS) is 10.9. The number of aromatic hydroxyl groups is 1. The molecule has 84 valence electrons. The molecule has 1 aromatic carbocycles. The molecule has 3 heteroatoms. The molecular formula is C13H14O3. The predicted molar refractivity (Wildman–Crippen MR) is 62.9 cm³/mol. The van der Waals surface area contributed by atoms with Crippen molar-refractivity contribution in [3.8, 4) is 5.75 Å². The van der Waals surface area contributed by atoms with Gasteiger partial charge in [-0.25, -0.2) is 4.79 Å². The molecule has 0 amide bonds. The van der Waals surface area contributed by atoms with Crippen molar-refractivity contribution in [3.05, 3.63) is 39.7 Å². The highest BCUT2D eigenvalue weighted by Crippen LogP contribution is 2.27. The third-order valence-electron chi connectivity index (χ3n) is 2.74. The van der Waals surface area contributed by atoms with E-state index in [0.717, 1.165) is 23.8 Å². The monoisotopic (exact) mass is 218 g/mol. The van der Waals surface area contributed by atoms with Crippen LogP contribution >= 0.6 is 0 Å². The lowest BCUT2D eigenvalue weighted by atomic mass is 10.0. The summed E-state index contributed by atoms with van der Waals surface area (Å²) in [5.74, 6) is 0.157. The zero-order valence-corrected chi connectivity index (χ0v) is 9.41. The van der Waals surface area contributed by atoms with E-state index in [1.807, 2.05) is 0 Å². The van der Waals surface area contributed by atoms with Gasteiger partial charge in [0.1, 0.15) is 11.3 Å². The van der Waals surface area contributed by atoms with E-state index < -0.39 is 0 Å². The molecule has 0 unspecified atom stereocenters. The number of phenols is 1. The molecule has 0 saturated carbocycles. The lowest BCUT2D eigenvalue weighted by molar-refractivity contribution is 0.468. The number of hydrogen-bond donors (Lipinski definition) is 1.